The zero-order valence-electron chi connectivity index (χ0n) is 7.61. The van der Waals surface area contributed by atoms with E-state index in [1.54, 1.807) is 13.0 Å². The molecule has 1 atom stereocenters. The van der Waals surface area contributed by atoms with Crippen LogP contribution in [0.2, 0.25) is 0 Å². The molecular formula is C9H13NO3. The Labute approximate surface area is 76.6 Å². The maximum absolute atomic E-state index is 9.29. The summed E-state index contributed by atoms with van der Waals surface area (Å²) in [5, 5.41) is 18.6. The smallest absolute Gasteiger partial charge is 0.200 e. The highest BCUT2D eigenvalue weighted by molar-refractivity contribution is 5.52. The van der Waals surface area contributed by atoms with Crippen molar-refractivity contribution in [2.45, 2.75) is 13.0 Å². The normalized spacial score (nSPS) is 12.5. The maximum Gasteiger partial charge on any atom is 0.200 e. The van der Waals surface area contributed by atoms with Crippen LogP contribution < -0.4 is 10.5 Å². The lowest BCUT2D eigenvalue weighted by Gasteiger charge is -2.10. The molecule has 4 nitrogen and oxygen atoms in total. The number of nitrogens with two attached hydrogens (primary N) is 1. The Morgan fingerprint density at radius 3 is 2.46 bits per heavy atom. The lowest BCUT2D eigenvalue weighted by atomic mass is 10.1. The number of hydrogen-bond donors (Lipinski definition) is 3. The largest absolute Gasteiger partial charge is 0.504 e. The third-order valence-corrected chi connectivity index (χ3v) is 1.82. The third kappa shape index (κ3) is 1.84. The van der Waals surface area contributed by atoms with Gasteiger partial charge in [-0.1, -0.05) is 0 Å². The summed E-state index contributed by atoms with van der Waals surface area (Å²) >= 11 is 0. The number of ether oxygens (including phenoxy) is 1. The van der Waals surface area contributed by atoms with E-state index in [0.717, 1.165) is 0 Å². The highest BCUT2D eigenvalue weighted by Gasteiger charge is 2.11. The summed E-state index contributed by atoms with van der Waals surface area (Å²) in [6.45, 7) is 1.78. The standard InChI is InChI=1S/C9H13NO3/c1-5(10)6-3-7(11)9(12)8(4-6)13-2/h3-5,11-12H,10H2,1-2H3/t5-/m1/s1. The number of aromatic hydroxyl groups is 2. The van der Waals surface area contributed by atoms with Crippen molar-refractivity contribution in [2.24, 2.45) is 5.73 Å². The first kappa shape index (κ1) is 9.67. The highest BCUT2D eigenvalue weighted by atomic mass is 16.5. The molecule has 1 aromatic rings. The topological polar surface area (TPSA) is 75.7 Å². The molecule has 0 fully saturated rings. The molecule has 0 radical (unpaired) electrons. The summed E-state index contributed by atoms with van der Waals surface area (Å²) in [5.74, 6) is -0.245. The Balaban J connectivity index is 3.22. The van der Waals surface area contributed by atoms with Gasteiger partial charge in [-0.25, -0.2) is 0 Å². The summed E-state index contributed by atoms with van der Waals surface area (Å²) in [6.07, 6.45) is 0. The molecule has 0 unspecified atom stereocenters. The summed E-state index contributed by atoms with van der Waals surface area (Å²) in [7, 11) is 1.42. The molecule has 0 saturated carbocycles. The summed E-state index contributed by atoms with van der Waals surface area (Å²) < 4.78 is 4.85. The first-order valence-corrected chi connectivity index (χ1v) is 3.91. The molecule has 72 valence electrons. The molecule has 0 heterocycles. The van der Waals surface area contributed by atoms with Gasteiger partial charge in [0.05, 0.1) is 7.11 Å². The highest BCUT2D eigenvalue weighted by Crippen LogP contribution is 2.37. The van der Waals surface area contributed by atoms with E-state index in [9.17, 15) is 10.2 Å². The Morgan fingerprint density at radius 2 is 2.00 bits per heavy atom. The van der Waals surface area contributed by atoms with E-state index >= 15 is 0 Å². The minimum atomic E-state index is -0.257. The van der Waals surface area contributed by atoms with E-state index in [2.05, 4.69) is 0 Å². The molecule has 0 amide bonds. The molecule has 0 aliphatic rings. The fraction of sp³-hybridized carbons (Fsp3) is 0.333. The van der Waals surface area contributed by atoms with Crippen LogP contribution in [-0.4, -0.2) is 17.3 Å². The number of methoxy groups -OCH3 is 1. The van der Waals surface area contributed by atoms with Crippen LogP contribution >= 0.6 is 0 Å². The van der Waals surface area contributed by atoms with Crippen molar-refractivity contribution in [1.29, 1.82) is 0 Å². The Kier molecular flexibility index (Phi) is 2.63. The summed E-state index contributed by atoms with van der Waals surface area (Å²) in [5.41, 5.74) is 6.32. The summed E-state index contributed by atoms with van der Waals surface area (Å²) in [4.78, 5) is 0. The van der Waals surface area contributed by atoms with E-state index in [-0.39, 0.29) is 23.3 Å². The molecule has 1 rings (SSSR count). The number of rotatable bonds is 2. The van der Waals surface area contributed by atoms with Gasteiger partial charge in [-0.05, 0) is 24.6 Å². The van der Waals surface area contributed by atoms with E-state index in [4.69, 9.17) is 10.5 Å². The van der Waals surface area contributed by atoms with Gasteiger partial charge in [-0.3, -0.25) is 0 Å². The predicted octanol–water partition coefficient (Wildman–Crippen LogP) is 1.13. The molecule has 0 saturated heterocycles. The molecule has 4 heteroatoms. The monoisotopic (exact) mass is 183 g/mol. The molecule has 1 aromatic carbocycles. The predicted molar refractivity (Wildman–Crippen MR) is 48.9 cm³/mol. The van der Waals surface area contributed by atoms with Gasteiger partial charge in [0.2, 0.25) is 5.75 Å². The number of hydrogen-bond acceptors (Lipinski definition) is 4. The second-order valence-electron chi connectivity index (χ2n) is 2.88. The van der Waals surface area contributed by atoms with E-state index in [1.807, 2.05) is 0 Å². The van der Waals surface area contributed by atoms with Crippen LogP contribution in [0.4, 0.5) is 0 Å². The Bertz CT molecular complexity index is 310. The minimum Gasteiger partial charge on any atom is -0.504 e. The number of phenols is 2. The Morgan fingerprint density at radius 1 is 1.38 bits per heavy atom. The van der Waals surface area contributed by atoms with Crippen LogP contribution in [0.1, 0.15) is 18.5 Å². The van der Waals surface area contributed by atoms with Gasteiger partial charge in [0, 0.05) is 6.04 Å². The average Bonchev–Trinajstić information content (AvgIpc) is 2.09. The first-order valence-electron chi connectivity index (χ1n) is 3.91. The molecule has 4 N–H and O–H groups in total. The van der Waals surface area contributed by atoms with Crippen molar-refractivity contribution >= 4 is 0 Å². The van der Waals surface area contributed by atoms with Crippen molar-refractivity contribution in [1.82, 2.24) is 0 Å². The molecular weight excluding hydrogens is 170 g/mol. The number of benzene rings is 1. The maximum atomic E-state index is 9.29. The third-order valence-electron chi connectivity index (χ3n) is 1.82. The molecule has 0 aliphatic heterocycles. The Hall–Kier alpha value is -1.42. The molecule has 0 aliphatic carbocycles. The van der Waals surface area contributed by atoms with Crippen LogP contribution in [0.25, 0.3) is 0 Å². The first-order chi connectivity index (χ1) is 6.06. The lowest BCUT2D eigenvalue weighted by Crippen LogP contribution is -2.04. The van der Waals surface area contributed by atoms with Gasteiger partial charge < -0.3 is 20.7 Å². The van der Waals surface area contributed by atoms with Crippen molar-refractivity contribution in [3.05, 3.63) is 17.7 Å². The minimum absolute atomic E-state index is 0.208. The van der Waals surface area contributed by atoms with Crippen LogP contribution in [0.5, 0.6) is 17.2 Å². The van der Waals surface area contributed by atoms with Crippen molar-refractivity contribution in [3.63, 3.8) is 0 Å². The zero-order valence-corrected chi connectivity index (χ0v) is 7.61. The van der Waals surface area contributed by atoms with Gasteiger partial charge in [-0.15, -0.1) is 0 Å². The van der Waals surface area contributed by atoms with Gasteiger partial charge in [0.15, 0.2) is 11.5 Å². The van der Waals surface area contributed by atoms with Gasteiger partial charge >= 0.3 is 0 Å². The number of phenolic OH excluding ortho intramolecular Hbond substituents is 2. The van der Waals surface area contributed by atoms with Crippen LogP contribution in [0.15, 0.2) is 12.1 Å². The van der Waals surface area contributed by atoms with Crippen molar-refractivity contribution in [2.75, 3.05) is 7.11 Å². The molecule has 13 heavy (non-hydrogen) atoms. The lowest BCUT2D eigenvalue weighted by molar-refractivity contribution is 0.350. The zero-order chi connectivity index (χ0) is 10.0. The molecule has 0 aromatic heterocycles. The van der Waals surface area contributed by atoms with Crippen LogP contribution in [0, 0.1) is 0 Å². The average molecular weight is 183 g/mol. The van der Waals surface area contributed by atoms with Gasteiger partial charge in [0.25, 0.3) is 0 Å². The van der Waals surface area contributed by atoms with Crippen LogP contribution in [0.3, 0.4) is 0 Å². The van der Waals surface area contributed by atoms with E-state index < -0.39 is 0 Å². The van der Waals surface area contributed by atoms with Crippen LogP contribution in [-0.2, 0) is 0 Å². The summed E-state index contributed by atoms with van der Waals surface area (Å²) in [6, 6.07) is 2.81. The molecule has 0 spiro atoms. The quantitative estimate of drug-likeness (QED) is 0.601. The van der Waals surface area contributed by atoms with Crippen molar-refractivity contribution in [3.8, 4) is 17.2 Å². The van der Waals surface area contributed by atoms with Gasteiger partial charge in [-0.2, -0.15) is 0 Å². The fourth-order valence-corrected chi connectivity index (χ4v) is 1.03. The van der Waals surface area contributed by atoms with E-state index in [0.29, 0.717) is 5.56 Å². The fourth-order valence-electron chi connectivity index (χ4n) is 1.03. The van der Waals surface area contributed by atoms with Gasteiger partial charge in [0.1, 0.15) is 0 Å². The van der Waals surface area contributed by atoms with Crippen molar-refractivity contribution < 1.29 is 14.9 Å². The molecule has 0 bridgehead atoms. The second-order valence-corrected chi connectivity index (χ2v) is 2.88. The van der Waals surface area contributed by atoms with E-state index in [1.165, 1.54) is 13.2 Å². The SMILES string of the molecule is COc1cc([C@@H](C)N)cc(O)c1O. The second kappa shape index (κ2) is 3.53.